The molecule has 0 radical (unpaired) electrons. The molecule has 1 heterocycles. The van der Waals surface area contributed by atoms with Gasteiger partial charge in [0.2, 0.25) is 0 Å². The van der Waals surface area contributed by atoms with Crippen LogP contribution in [0.5, 0.6) is 0 Å². The summed E-state index contributed by atoms with van der Waals surface area (Å²) in [6, 6.07) is -0.538. The molecule has 2 rings (SSSR count). The second-order valence-corrected chi connectivity index (χ2v) is 5.05. The van der Waals surface area contributed by atoms with E-state index in [2.05, 4.69) is 5.32 Å². The van der Waals surface area contributed by atoms with Gasteiger partial charge in [0, 0.05) is 6.42 Å². The number of alkyl halides is 2. The zero-order chi connectivity index (χ0) is 10.7. The average Bonchev–Trinajstić information content (AvgIpc) is 2.45. The highest BCUT2D eigenvalue weighted by atomic mass is 35.5. The van der Waals surface area contributed by atoms with E-state index in [1.165, 1.54) is 12.8 Å². The number of rotatable bonds is 1. The highest BCUT2D eigenvalue weighted by Crippen LogP contribution is 2.37. The number of hydrogen-bond donors (Lipinski definition) is 1. The van der Waals surface area contributed by atoms with Crippen molar-refractivity contribution in [1.29, 1.82) is 0 Å². The zero-order valence-electron chi connectivity index (χ0n) is 9.68. The smallest absolute Gasteiger partial charge is 0.263 e. The molecule has 0 bridgehead atoms. The molecule has 1 aliphatic carbocycles. The fourth-order valence-corrected chi connectivity index (χ4v) is 3.04. The monoisotopic (exact) mass is 253 g/mol. The molecule has 1 saturated heterocycles. The van der Waals surface area contributed by atoms with E-state index < -0.39 is 12.0 Å². The first kappa shape index (κ1) is 14.2. The van der Waals surface area contributed by atoms with Crippen LogP contribution < -0.4 is 5.32 Å². The molecule has 1 atom stereocenters. The zero-order valence-corrected chi connectivity index (χ0v) is 10.5. The molecule has 1 aliphatic heterocycles. The van der Waals surface area contributed by atoms with Crippen molar-refractivity contribution >= 4 is 12.4 Å². The van der Waals surface area contributed by atoms with E-state index in [1.807, 2.05) is 0 Å². The summed E-state index contributed by atoms with van der Waals surface area (Å²) in [6.45, 7) is 0.775. The summed E-state index contributed by atoms with van der Waals surface area (Å²) in [5.74, 6) is -2.25. The Bertz CT molecular complexity index is 203. The molecule has 0 amide bonds. The van der Waals surface area contributed by atoms with E-state index in [4.69, 9.17) is 0 Å². The number of piperidine rings is 1. The standard InChI is InChI=1S/C12H21F2N.ClH/c13-12(14)8-5-9-15-11(12)10-6-3-1-2-4-7-10;/h10-11,15H,1-9H2;1H. The molecule has 4 heteroatoms. The normalized spacial score (nSPS) is 31.5. The lowest BCUT2D eigenvalue weighted by Crippen LogP contribution is -2.53. The van der Waals surface area contributed by atoms with E-state index >= 15 is 0 Å². The van der Waals surface area contributed by atoms with Gasteiger partial charge in [-0.3, -0.25) is 0 Å². The van der Waals surface area contributed by atoms with Gasteiger partial charge in [0.1, 0.15) is 0 Å². The van der Waals surface area contributed by atoms with Crippen LogP contribution in [0.25, 0.3) is 0 Å². The molecule has 1 saturated carbocycles. The highest BCUT2D eigenvalue weighted by Gasteiger charge is 2.45. The Labute approximate surface area is 103 Å². The van der Waals surface area contributed by atoms with Gasteiger partial charge in [-0.15, -0.1) is 12.4 Å². The molecule has 96 valence electrons. The van der Waals surface area contributed by atoms with E-state index in [9.17, 15) is 8.78 Å². The topological polar surface area (TPSA) is 12.0 Å². The summed E-state index contributed by atoms with van der Waals surface area (Å²) in [4.78, 5) is 0. The maximum absolute atomic E-state index is 13.7. The Morgan fingerprint density at radius 2 is 1.56 bits per heavy atom. The fraction of sp³-hybridized carbons (Fsp3) is 1.00. The Morgan fingerprint density at radius 1 is 0.938 bits per heavy atom. The van der Waals surface area contributed by atoms with Gasteiger partial charge in [-0.2, -0.15) is 0 Å². The SMILES string of the molecule is Cl.FC1(F)CCCNC1C1CCCCCC1. The molecule has 0 aromatic carbocycles. The van der Waals surface area contributed by atoms with Crippen LogP contribution in [0.3, 0.4) is 0 Å². The molecule has 0 spiro atoms. The molecule has 1 nitrogen and oxygen atoms in total. The van der Waals surface area contributed by atoms with Gasteiger partial charge >= 0.3 is 0 Å². The molecule has 0 aromatic rings. The first-order valence-electron chi connectivity index (χ1n) is 6.31. The first-order valence-corrected chi connectivity index (χ1v) is 6.31. The van der Waals surface area contributed by atoms with Crippen molar-refractivity contribution in [1.82, 2.24) is 5.32 Å². The van der Waals surface area contributed by atoms with Crippen LogP contribution in [0.4, 0.5) is 8.78 Å². The highest BCUT2D eigenvalue weighted by molar-refractivity contribution is 5.85. The predicted molar refractivity (Wildman–Crippen MR) is 64.4 cm³/mol. The van der Waals surface area contributed by atoms with Crippen LogP contribution in [-0.4, -0.2) is 18.5 Å². The minimum absolute atomic E-state index is 0. The molecule has 1 unspecified atom stereocenters. The first-order chi connectivity index (χ1) is 7.20. The molecule has 2 fully saturated rings. The third kappa shape index (κ3) is 3.30. The van der Waals surface area contributed by atoms with Crippen molar-refractivity contribution in [3.63, 3.8) is 0 Å². The quantitative estimate of drug-likeness (QED) is 0.702. The molecular weight excluding hydrogens is 232 g/mol. The van der Waals surface area contributed by atoms with Crippen molar-refractivity contribution in [2.24, 2.45) is 5.92 Å². The minimum atomic E-state index is -2.47. The largest absolute Gasteiger partial charge is 0.308 e. The van der Waals surface area contributed by atoms with E-state index in [1.54, 1.807) is 0 Å². The maximum Gasteiger partial charge on any atom is 0.263 e. The summed E-state index contributed by atoms with van der Waals surface area (Å²) < 4.78 is 27.4. The van der Waals surface area contributed by atoms with Gasteiger partial charge in [0.05, 0.1) is 6.04 Å². The summed E-state index contributed by atoms with van der Waals surface area (Å²) in [6.07, 6.45) is 7.43. The van der Waals surface area contributed by atoms with Gasteiger partial charge in [0.25, 0.3) is 5.92 Å². The molecule has 1 N–H and O–H groups in total. The van der Waals surface area contributed by atoms with Crippen molar-refractivity contribution < 1.29 is 8.78 Å². The van der Waals surface area contributed by atoms with Crippen LogP contribution in [0, 0.1) is 5.92 Å². The summed E-state index contributed by atoms with van der Waals surface area (Å²) in [7, 11) is 0. The summed E-state index contributed by atoms with van der Waals surface area (Å²) in [5.41, 5.74) is 0. The molecule has 2 aliphatic rings. The Hall–Kier alpha value is 0.110. The van der Waals surface area contributed by atoms with Crippen LogP contribution in [0.2, 0.25) is 0 Å². The van der Waals surface area contributed by atoms with Crippen molar-refractivity contribution in [2.75, 3.05) is 6.54 Å². The van der Waals surface area contributed by atoms with E-state index in [0.717, 1.165) is 32.2 Å². The third-order valence-electron chi connectivity index (χ3n) is 3.88. The lowest BCUT2D eigenvalue weighted by Gasteiger charge is -2.37. The Morgan fingerprint density at radius 3 is 2.12 bits per heavy atom. The van der Waals surface area contributed by atoms with Crippen molar-refractivity contribution in [3.05, 3.63) is 0 Å². The summed E-state index contributed by atoms with van der Waals surface area (Å²) >= 11 is 0. The van der Waals surface area contributed by atoms with Crippen LogP contribution >= 0.6 is 12.4 Å². The predicted octanol–water partition coefficient (Wildman–Crippen LogP) is 3.77. The molecular formula is C12H22ClF2N. The lowest BCUT2D eigenvalue weighted by molar-refractivity contribution is -0.0804. The average molecular weight is 254 g/mol. The number of halogens is 3. The van der Waals surface area contributed by atoms with Crippen LogP contribution in [-0.2, 0) is 0 Å². The van der Waals surface area contributed by atoms with Gasteiger partial charge in [0.15, 0.2) is 0 Å². The van der Waals surface area contributed by atoms with Crippen LogP contribution in [0.1, 0.15) is 51.4 Å². The molecule has 0 aromatic heterocycles. The number of nitrogens with one attached hydrogen (secondary N) is 1. The number of hydrogen-bond acceptors (Lipinski definition) is 1. The minimum Gasteiger partial charge on any atom is -0.308 e. The maximum atomic E-state index is 13.7. The van der Waals surface area contributed by atoms with Gasteiger partial charge in [-0.25, -0.2) is 8.78 Å². The van der Waals surface area contributed by atoms with Gasteiger partial charge in [-0.1, -0.05) is 25.7 Å². The Balaban J connectivity index is 0.00000128. The fourth-order valence-electron chi connectivity index (χ4n) is 3.04. The molecule has 16 heavy (non-hydrogen) atoms. The van der Waals surface area contributed by atoms with Gasteiger partial charge in [-0.05, 0) is 31.7 Å². The lowest BCUT2D eigenvalue weighted by atomic mass is 9.84. The van der Waals surface area contributed by atoms with Gasteiger partial charge < -0.3 is 5.32 Å². The third-order valence-corrected chi connectivity index (χ3v) is 3.88. The summed E-state index contributed by atoms with van der Waals surface area (Å²) in [5, 5.41) is 3.06. The van der Waals surface area contributed by atoms with Crippen molar-refractivity contribution in [3.8, 4) is 0 Å². The van der Waals surface area contributed by atoms with E-state index in [-0.39, 0.29) is 24.7 Å². The second kappa shape index (κ2) is 6.15. The second-order valence-electron chi connectivity index (χ2n) is 5.05. The van der Waals surface area contributed by atoms with Crippen LogP contribution in [0.15, 0.2) is 0 Å². The van der Waals surface area contributed by atoms with E-state index in [0.29, 0.717) is 6.42 Å². The Kier molecular flexibility index (Phi) is 5.45. The van der Waals surface area contributed by atoms with Crippen molar-refractivity contribution in [2.45, 2.75) is 63.3 Å².